The molecular weight excluding hydrogens is 223 g/mol. The number of hydrogen-bond acceptors (Lipinski definition) is 3. The van der Waals surface area contributed by atoms with Gasteiger partial charge in [-0.05, 0) is 12.8 Å². The first-order valence-electron chi connectivity index (χ1n) is 4.25. The van der Waals surface area contributed by atoms with Gasteiger partial charge in [0.05, 0.1) is 5.56 Å². The zero-order valence-corrected chi connectivity index (χ0v) is 9.06. The van der Waals surface area contributed by atoms with Crippen LogP contribution in [0.25, 0.3) is 0 Å². The van der Waals surface area contributed by atoms with Crippen molar-refractivity contribution in [2.45, 2.75) is 25.2 Å². The minimum Gasteiger partial charge on any atom is -0.298 e. The van der Waals surface area contributed by atoms with E-state index in [9.17, 15) is 4.79 Å². The maximum absolute atomic E-state index is 10.6. The molecule has 0 unspecified atom stereocenters. The highest BCUT2D eigenvalue weighted by atomic mass is 35.5. The van der Waals surface area contributed by atoms with Crippen molar-refractivity contribution in [3.63, 3.8) is 0 Å². The van der Waals surface area contributed by atoms with Gasteiger partial charge in [-0.1, -0.05) is 30.1 Å². The van der Waals surface area contributed by atoms with Crippen molar-refractivity contribution in [3.05, 3.63) is 21.7 Å². The van der Waals surface area contributed by atoms with Gasteiger partial charge in [-0.25, -0.2) is 9.97 Å². The van der Waals surface area contributed by atoms with E-state index in [1.807, 2.05) is 0 Å². The second-order valence-corrected chi connectivity index (χ2v) is 4.44. The molecule has 1 heterocycles. The molecule has 1 aliphatic rings. The van der Waals surface area contributed by atoms with Gasteiger partial charge >= 0.3 is 0 Å². The molecular formula is C9H8Cl2N2O. The van der Waals surface area contributed by atoms with E-state index in [1.54, 1.807) is 0 Å². The fraction of sp³-hybridized carbons (Fsp3) is 0.444. The van der Waals surface area contributed by atoms with Crippen LogP contribution in [0.5, 0.6) is 0 Å². The maximum atomic E-state index is 10.6. The van der Waals surface area contributed by atoms with E-state index >= 15 is 0 Å². The van der Waals surface area contributed by atoms with Crippen LogP contribution in [0.3, 0.4) is 0 Å². The van der Waals surface area contributed by atoms with Gasteiger partial charge in [-0.2, -0.15) is 0 Å². The Bertz CT molecular complexity index is 379. The van der Waals surface area contributed by atoms with E-state index < -0.39 is 0 Å². The Balaban J connectivity index is 2.52. The Morgan fingerprint density at radius 3 is 2.14 bits per heavy atom. The fourth-order valence-corrected chi connectivity index (χ4v) is 1.67. The summed E-state index contributed by atoms with van der Waals surface area (Å²) in [7, 11) is 0. The lowest BCUT2D eigenvalue weighted by atomic mass is 10.1. The van der Waals surface area contributed by atoms with Crippen molar-refractivity contribution in [2.75, 3.05) is 0 Å². The van der Waals surface area contributed by atoms with Crippen LogP contribution < -0.4 is 0 Å². The third-order valence-electron chi connectivity index (χ3n) is 2.51. The highest BCUT2D eigenvalue weighted by molar-refractivity contribution is 6.37. The van der Waals surface area contributed by atoms with E-state index in [2.05, 4.69) is 16.9 Å². The van der Waals surface area contributed by atoms with Gasteiger partial charge in [0.1, 0.15) is 16.1 Å². The molecule has 74 valence electrons. The van der Waals surface area contributed by atoms with Gasteiger partial charge < -0.3 is 0 Å². The predicted molar refractivity (Wildman–Crippen MR) is 54.0 cm³/mol. The summed E-state index contributed by atoms with van der Waals surface area (Å²) in [5.41, 5.74) is 0.177. The van der Waals surface area contributed by atoms with E-state index in [-0.39, 0.29) is 21.3 Å². The summed E-state index contributed by atoms with van der Waals surface area (Å²) >= 11 is 11.6. The van der Waals surface area contributed by atoms with Gasteiger partial charge in [-0.3, -0.25) is 4.79 Å². The molecule has 0 spiro atoms. The molecule has 14 heavy (non-hydrogen) atoms. The van der Waals surface area contributed by atoms with Crippen LogP contribution in [0.15, 0.2) is 0 Å². The summed E-state index contributed by atoms with van der Waals surface area (Å²) in [6, 6.07) is 0. The molecule has 5 heteroatoms. The Morgan fingerprint density at radius 1 is 1.29 bits per heavy atom. The van der Waals surface area contributed by atoms with Gasteiger partial charge in [0.25, 0.3) is 0 Å². The zero-order chi connectivity index (χ0) is 10.3. The van der Waals surface area contributed by atoms with E-state index in [0.717, 1.165) is 12.8 Å². The number of nitrogens with zero attached hydrogens (tertiary/aromatic N) is 2. The number of aldehydes is 1. The highest BCUT2D eigenvalue weighted by Gasteiger charge is 2.42. The average molecular weight is 231 g/mol. The van der Waals surface area contributed by atoms with Crippen molar-refractivity contribution in [1.82, 2.24) is 9.97 Å². The number of hydrogen-bond donors (Lipinski definition) is 0. The van der Waals surface area contributed by atoms with Crippen molar-refractivity contribution in [3.8, 4) is 0 Å². The first-order chi connectivity index (χ1) is 6.57. The molecule has 1 saturated carbocycles. The molecule has 3 nitrogen and oxygen atoms in total. The summed E-state index contributed by atoms with van der Waals surface area (Å²) < 4.78 is 0. The third kappa shape index (κ3) is 1.51. The van der Waals surface area contributed by atoms with Crippen molar-refractivity contribution in [1.29, 1.82) is 0 Å². The first kappa shape index (κ1) is 9.87. The summed E-state index contributed by atoms with van der Waals surface area (Å²) in [4.78, 5) is 18.7. The molecule has 0 N–H and O–H groups in total. The molecule has 2 rings (SSSR count). The molecule has 1 aromatic heterocycles. The summed E-state index contributed by atoms with van der Waals surface area (Å²) in [6.45, 7) is 2.05. The Morgan fingerprint density at radius 2 is 1.79 bits per heavy atom. The van der Waals surface area contributed by atoms with Crippen LogP contribution in [-0.2, 0) is 5.41 Å². The monoisotopic (exact) mass is 230 g/mol. The normalized spacial score (nSPS) is 17.9. The number of carbonyl (C=O) groups excluding carboxylic acids is 1. The van der Waals surface area contributed by atoms with Crippen LogP contribution in [0.1, 0.15) is 35.9 Å². The molecule has 0 amide bonds. The molecule has 1 fully saturated rings. The lowest BCUT2D eigenvalue weighted by Gasteiger charge is -2.08. The standard InChI is InChI=1S/C9H8Cl2N2O/c1-9(2-3-9)8-12-6(10)5(4-14)7(11)13-8/h4H,2-3H2,1H3. The molecule has 0 radical (unpaired) electrons. The van der Waals surface area contributed by atoms with Crippen LogP contribution >= 0.6 is 23.2 Å². The Kier molecular flexibility index (Phi) is 2.24. The van der Waals surface area contributed by atoms with E-state index in [0.29, 0.717) is 12.1 Å². The zero-order valence-electron chi connectivity index (χ0n) is 7.55. The topological polar surface area (TPSA) is 42.9 Å². The predicted octanol–water partition coefficient (Wildman–Crippen LogP) is 2.65. The van der Waals surface area contributed by atoms with Crippen molar-refractivity contribution < 1.29 is 4.79 Å². The molecule has 0 atom stereocenters. The second kappa shape index (κ2) is 3.17. The summed E-state index contributed by atoms with van der Waals surface area (Å²) in [5, 5.41) is 0.284. The minimum absolute atomic E-state index is 0.00863. The first-order valence-corrected chi connectivity index (χ1v) is 5.01. The Labute approximate surface area is 91.5 Å². The SMILES string of the molecule is CC1(c2nc(Cl)c(C=O)c(Cl)n2)CC1. The summed E-state index contributed by atoms with van der Waals surface area (Å²) in [6.07, 6.45) is 2.66. The molecule has 0 saturated heterocycles. The Hall–Kier alpha value is -0.670. The van der Waals surface area contributed by atoms with Gasteiger partial charge in [0, 0.05) is 5.41 Å². The molecule has 0 aliphatic heterocycles. The molecule has 1 aromatic rings. The van der Waals surface area contributed by atoms with Crippen molar-refractivity contribution >= 4 is 29.5 Å². The van der Waals surface area contributed by atoms with Crippen LogP contribution in [0, 0.1) is 0 Å². The second-order valence-electron chi connectivity index (χ2n) is 3.72. The van der Waals surface area contributed by atoms with Crippen LogP contribution in [-0.4, -0.2) is 16.3 Å². The van der Waals surface area contributed by atoms with E-state index in [1.165, 1.54) is 0 Å². The number of halogens is 2. The van der Waals surface area contributed by atoms with Gasteiger partial charge in [-0.15, -0.1) is 0 Å². The van der Waals surface area contributed by atoms with Gasteiger partial charge in [0.2, 0.25) is 0 Å². The quantitative estimate of drug-likeness (QED) is 0.580. The molecule has 0 bridgehead atoms. The molecule has 1 aliphatic carbocycles. The van der Waals surface area contributed by atoms with E-state index in [4.69, 9.17) is 23.2 Å². The smallest absolute Gasteiger partial charge is 0.156 e. The average Bonchev–Trinajstić information content (AvgIpc) is 2.84. The lowest BCUT2D eigenvalue weighted by Crippen LogP contribution is -2.08. The maximum Gasteiger partial charge on any atom is 0.156 e. The number of carbonyl (C=O) groups is 1. The minimum atomic E-state index is 0.00863. The highest BCUT2D eigenvalue weighted by Crippen LogP contribution is 2.46. The third-order valence-corrected chi connectivity index (χ3v) is 3.09. The van der Waals surface area contributed by atoms with Crippen molar-refractivity contribution in [2.24, 2.45) is 0 Å². The van der Waals surface area contributed by atoms with Crippen LogP contribution in [0.4, 0.5) is 0 Å². The number of aromatic nitrogens is 2. The number of rotatable bonds is 2. The largest absolute Gasteiger partial charge is 0.298 e. The van der Waals surface area contributed by atoms with Crippen LogP contribution in [0.2, 0.25) is 10.3 Å². The fourth-order valence-electron chi connectivity index (χ4n) is 1.19. The van der Waals surface area contributed by atoms with Gasteiger partial charge in [0.15, 0.2) is 6.29 Å². The summed E-state index contributed by atoms with van der Waals surface area (Å²) in [5.74, 6) is 0.637. The lowest BCUT2D eigenvalue weighted by molar-refractivity contribution is 0.112. The molecule has 0 aromatic carbocycles.